The highest BCUT2D eigenvalue weighted by Gasteiger charge is 2.36. The van der Waals surface area contributed by atoms with Crippen molar-refractivity contribution in [1.29, 1.82) is 0 Å². The highest BCUT2D eigenvalue weighted by Crippen LogP contribution is 2.28. The maximum absolute atomic E-state index is 13.0. The van der Waals surface area contributed by atoms with E-state index in [9.17, 15) is 4.79 Å². The maximum Gasteiger partial charge on any atom is 0.246 e. The van der Waals surface area contributed by atoms with E-state index < -0.39 is 5.54 Å². The topological polar surface area (TPSA) is 55.6 Å². The molecular weight excluding hydrogens is 360 g/mol. The first-order valence-corrected chi connectivity index (χ1v) is 9.28. The molecular formula is C22H29ClN2O2. The fourth-order valence-electron chi connectivity index (χ4n) is 3.76. The lowest BCUT2D eigenvalue weighted by Crippen LogP contribution is -2.53. The largest absolute Gasteiger partial charge is 0.496 e. The first-order valence-electron chi connectivity index (χ1n) is 9.28. The third-order valence-corrected chi connectivity index (χ3v) is 5.42. The van der Waals surface area contributed by atoms with E-state index in [2.05, 4.69) is 12.1 Å². The number of nitrogens with two attached hydrogens (primary N) is 1. The van der Waals surface area contributed by atoms with Gasteiger partial charge in [0.25, 0.3) is 0 Å². The molecule has 0 bridgehead atoms. The Kier molecular flexibility index (Phi) is 7.28. The Balaban J connectivity index is 0.00000261. The molecule has 0 radical (unpaired) electrons. The van der Waals surface area contributed by atoms with Crippen LogP contribution in [0.3, 0.4) is 0 Å². The molecule has 2 N–H and O–H groups in total. The van der Waals surface area contributed by atoms with Crippen molar-refractivity contribution in [3.63, 3.8) is 0 Å². The van der Waals surface area contributed by atoms with Crippen molar-refractivity contribution >= 4 is 18.3 Å². The number of para-hydroxylation sites is 1. The molecule has 1 fully saturated rings. The van der Waals surface area contributed by atoms with Crippen molar-refractivity contribution in [2.75, 3.05) is 20.2 Å². The first-order chi connectivity index (χ1) is 12.5. The minimum Gasteiger partial charge on any atom is -0.496 e. The van der Waals surface area contributed by atoms with Crippen molar-refractivity contribution in [2.45, 2.75) is 31.7 Å². The standard InChI is InChI=1S/C22H28N2O2.ClH/c1-22(23,19-9-4-3-5-10-19)21(25)24-14-12-17(13-15-24)16-18-8-6-7-11-20(18)26-2;/h3-11,17H,12-16,23H2,1-2H3;1H. The molecule has 2 aromatic carbocycles. The number of benzene rings is 2. The molecule has 1 atom stereocenters. The molecule has 1 aliphatic heterocycles. The maximum atomic E-state index is 13.0. The van der Waals surface area contributed by atoms with E-state index >= 15 is 0 Å². The number of methoxy groups -OCH3 is 1. The average Bonchev–Trinajstić information content (AvgIpc) is 2.69. The number of hydrogen-bond donors (Lipinski definition) is 1. The highest BCUT2D eigenvalue weighted by molar-refractivity contribution is 5.87. The quantitative estimate of drug-likeness (QED) is 0.848. The van der Waals surface area contributed by atoms with Gasteiger partial charge in [0.15, 0.2) is 0 Å². The second kappa shape index (κ2) is 9.25. The average molecular weight is 389 g/mol. The molecule has 4 nitrogen and oxygen atoms in total. The van der Waals surface area contributed by atoms with Crippen molar-refractivity contribution in [1.82, 2.24) is 4.90 Å². The van der Waals surface area contributed by atoms with Crippen LogP contribution in [0.1, 0.15) is 30.9 Å². The third-order valence-electron chi connectivity index (χ3n) is 5.42. The molecule has 1 aliphatic rings. The lowest BCUT2D eigenvalue weighted by atomic mass is 9.87. The van der Waals surface area contributed by atoms with Gasteiger partial charge in [-0.1, -0.05) is 48.5 Å². The molecule has 1 unspecified atom stereocenters. The zero-order valence-corrected chi connectivity index (χ0v) is 16.9. The van der Waals surface area contributed by atoms with E-state index in [-0.39, 0.29) is 18.3 Å². The second-order valence-corrected chi connectivity index (χ2v) is 7.32. The number of rotatable bonds is 5. The summed E-state index contributed by atoms with van der Waals surface area (Å²) < 4.78 is 5.46. The van der Waals surface area contributed by atoms with E-state index in [0.29, 0.717) is 5.92 Å². The molecule has 1 heterocycles. The highest BCUT2D eigenvalue weighted by atomic mass is 35.5. The molecule has 146 valence electrons. The van der Waals surface area contributed by atoms with Crippen LogP contribution in [0.5, 0.6) is 5.75 Å². The van der Waals surface area contributed by atoms with E-state index in [1.165, 1.54) is 5.56 Å². The van der Waals surface area contributed by atoms with E-state index in [4.69, 9.17) is 10.5 Å². The number of likely N-dealkylation sites (tertiary alicyclic amines) is 1. The van der Waals surface area contributed by atoms with Gasteiger partial charge in [-0.2, -0.15) is 0 Å². The van der Waals surface area contributed by atoms with Gasteiger partial charge in [0.05, 0.1) is 7.11 Å². The van der Waals surface area contributed by atoms with Crippen LogP contribution in [0.4, 0.5) is 0 Å². The summed E-state index contributed by atoms with van der Waals surface area (Å²) in [5, 5.41) is 0. The van der Waals surface area contributed by atoms with Crippen LogP contribution < -0.4 is 10.5 Å². The molecule has 3 rings (SSSR count). The Hall–Kier alpha value is -2.04. The van der Waals surface area contributed by atoms with Gasteiger partial charge < -0.3 is 15.4 Å². The Bertz CT molecular complexity index is 741. The summed E-state index contributed by atoms with van der Waals surface area (Å²) in [6, 6.07) is 17.8. The van der Waals surface area contributed by atoms with Gasteiger partial charge >= 0.3 is 0 Å². The zero-order chi connectivity index (χ0) is 18.6. The van der Waals surface area contributed by atoms with E-state index in [0.717, 1.165) is 43.7 Å². The van der Waals surface area contributed by atoms with Gasteiger partial charge in [0.2, 0.25) is 5.91 Å². The molecule has 0 spiro atoms. The normalized spacial score (nSPS) is 16.9. The van der Waals surface area contributed by atoms with Crippen LogP contribution in [-0.4, -0.2) is 31.0 Å². The smallest absolute Gasteiger partial charge is 0.246 e. The third kappa shape index (κ3) is 4.82. The number of ether oxygens (including phenoxy) is 1. The molecule has 27 heavy (non-hydrogen) atoms. The second-order valence-electron chi connectivity index (χ2n) is 7.32. The van der Waals surface area contributed by atoms with Crippen molar-refractivity contribution in [3.05, 3.63) is 65.7 Å². The molecule has 2 aromatic rings. The zero-order valence-electron chi connectivity index (χ0n) is 16.1. The van der Waals surface area contributed by atoms with Gasteiger partial charge in [0, 0.05) is 13.1 Å². The number of carbonyl (C=O) groups excluding carboxylic acids is 1. The molecule has 0 aromatic heterocycles. The van der Waals surface area contributed by atoms with Crippen LogP contribution in [-0.2, 0) is 16.8 Å². The summed E-state index contributed by atoms with van der Waals surface area (Å²) in [6.45, 7) is 3.34. The van der Waals surface area contributed by atoms with Crippen LogP contribution in [0.2, 0.25) is 0 Å². The Morgan fingerprint density at radius 3 is 2.33 bits per heavy atom. The van der Waals surface area contributed by atoms with Crippen LogP contribution in [0.25, 0.3) is 0 Å². The predicted molar refractivity (Wildman–Crippen MR) is 111 cm³/mol. The summed E-state index contributed by atoms with van der Waals surface area (Å²) in [7, 11) is 1.71. The summed E-state index contributed by atoms with van der Waals surface area (Å²) in [5.74, 6) is 1.53. The SMILES string of the molecule is COc1ccccc1CC1CCN(C(=O)C(C)(N)c2ccccc2)CC1.Cl. The lowest BCUT2D eigenvalue weighted by Gasteiger charge is -2.37. The lowest BCUT2D eigenvalue weighted by molar-refractivity contribution is -0.138. The number of amides is 1. The van der Waals surface area contributed by atoms with Crippen LogP contribution >= 0.6 is 12.4 Å². The van der Waals surface area contributed by atoms with Crippen molar-refractivity contribution < 1.29 is 9.53 Å². The fourth-order valence-corrected chi connectivity index (χ4v) is 3.76. The molecule has 5 heteroatoms. The molecule has 1 amide bonds. The van der Waals surface area contributed by atoms with Gasteiger partial charge in [-0.3, -0.25) is 4.79 Å². The molecule has 1 saturated heterocycles. The van der Waals surface area contributed by atoms with Gasteiger partial charge in [-0.05, 0) is 49.3 Å². The minimum absolute atomic E-state index is 0. The van der Waals surface area contributed by atoms with E-state index in [1.807, 2.05) is 54.3 Å². The fraction of sp³-hybridized carbons (Fsp3) is 0.409. The van der Waals surface area contributed by atoms with Gasteiger partial charge in [-0.15, -0.1) is 12.4 Å². The van der Waals surface area contributed by atoms with Crippen LogP contribution in [0.15, 0.2) is 54.6 Å². The monoisotopic (exact) mass is 388 g/mol. The Labute approximate surface area is 168 Å². The predicted octanol–water partition coefficient (Wildman–Crippen LogP) is 3.77. The number of halogens is 1. The number of carbonyl (C=O) groups is 1. The molecule has 0 saturated carbocycles. The minimum atomic E-state index is -0.975. The van der Waals surface area contributed by atoms with E-state index in [1.54, 1.807) is 7.11 Å². The number of piperidine rings is 1. The Morgan fingerprint density at radius 1 is 1.11 bits per heavy atom. The summed E-state index contributed by atoms with van der Waals surface area (Å²) in [4.78, 5) is 14.9. The first kappa shape index (κ1) is 21.3. The number of nitrogens with zero attached hydrogens (tertiary/aromatic N) is 1. The van der Waals surface area contributed by atoms with Crippen molar-refractivity contribution in [2.24, 2.45) is 11.7 Å². The van der Waals surface area contributed by atoms with Crippen LogP contribution in [0, 0.1) is 5.92 Å². The number of hydrogen-bond acceptors (Lipinski definition) is 3. The summed E-state index contributed by atoms with van der Waals surface area (Å²) in [6.07, 6.45) is 2.98. The van der Waals surface area contributed by atoms with Crippen molar-refractivity contribution in [3.8, 4) is 5.75 Å². The Morgan fingerprint density at radius 2 is 1.70 bits per heavy atom. The van der Waals surface area contributed by atoms with Gasteiger partial charge in [-0.25, -0.2) is 0 Å². The molecule has 0 aliphatic carbocycles. The summed E-state index contributed by atoms with van der Waals surface area (Å²) in [5.41, 5.74) is 7.53. The summed E-state index contributed by atoms with van der Waals surface area (Å²) >= 11 is 0. The van der Waals surface area contributed by atoms with Gasteiger partial charge in [0.1, 0.15) is 11.3 Å².